The van der Waals surface area contributed by atoms with E-state index in [0.29, 0.717) is 26.1 Å². The van der Waals surface area contributed by atoms with Gasteiger partial charge in [0.25, 0.3) is 0 Å². The Kier molecular flexibility index (Phi) is 4.27. The molecular formula is C25H23N3O. The lowest BCUT2D eigenvalue weighted by Gasteiger charge is -2.29. The molecule has 0 aliphatic carbocycles. The van der Waals surface area contributed by atoms with Gasteiger partial charge in [0.2, 0.25) is 5.91 Å². The van der Waals surface area contributed by atoms with Gasteiger partial charge in [-0.25, -0.2) is 0 Å². The van der Waals surface area contributed by atoms with Crippen LogP contribution in [0.25, 0.3) is 0 Å². The maximum Gasteiger partial charge on any atom is 0.227 e. The van der Waals surface area contributed by atoms with Crippen LogP contribution in [0.1, 0.15) is 44.6 Å². The maximum absolute atomic E-state index is 12.7. The zero-order valence-electron chi connectivity index (χ0n) is 16.8. The molecule has 0 saturated heterocycles. The number of hydrogen-bond donors (Lipinski definition) is 0. The molecule has 1 aromatic heterocycles. The number of amides is 1. The number of aryl methyl sites for hydroxylation is 2. The molecular weight excluding hydrogens is 358 g/mol. The summed E-state index contributed by atoms with van der Waals surface area (Å²) in [5, 5.41) is 0. The summed E-state index contributed by atoms with van der Waals surface area (Å²) in [5.74, 6) is 0.196. The first-order valence-electron chi connectivity index (χ1n) is 10.0. The second-order valence-electron chi connectivity index (χ2n) is 8.04. The van der Waals surface area contributed by atoms with E-state index in [0.717, 1.165) is 22.5 Å². The van der Waals surface area contributed by atoms with Crippen LogP contribution in [0.2, 0.25) is 0 Å². The van der Waals surface area contributed by atoms with Gasteiger partial charge < -0.3 is 4.90 Å². The molecule has 1 amide bonds. The van der Waals surface area contributed by atoms with Crippen molar-refractivity contribution >= 4 is 11.6 Å². The van der Waals surface area contributed by atoms with Crippen LogP contribution < -0.4 is 0 Å². The summed E-state index contributed by atoms with van der Waals surface area (Å²) in [5.41, 5.74) is 10.3. The number of aliphatic imine (C=N–C) groups is 1. The predicted molar refractivity (Wildman–Crippen MR) is 114 cm³/mol. The van der Waals surface area contributed by atoms with Gasteiger partial charge in [-0.15, -0.1) is 0 Å². The Bertz CT molecular complexity index is 1150. The number of nitrogens with zero attached hydrogens (tertiary/aromatic N) is 3. The monoisotopic (exact) mass is 381 g/mol. The third-order valence-corrected chi connectivity index (χ3v) is 5.81. The van der Waals surface area contributed by atoms with Crippen molar-refractivity contribution in [2.75, 3.05) is 0 Å². The van der Waals surface area contributed by atoms with Crippen LogP contribution in [-0.2, 0) is 30.8 Å². The van der Waals surface area contributed by atoms with Crippen molar-refractivity contribution in [3.63, 3.8) is 0 Å². The highest BCUT2D eigenvalue weighted by molar-refractivity contribution is 6.15. The zero-order chi connectivity index (χ0) is 20.0. The molecule has 5 rings (SSSR count). The average molecular weight is 381 g/mol. The van der Waals surface area contributed by atoms with E-state index in [4.69, 9.17) is 4.99 Å². The summed E-state index contributed by atoms with van der Waals surface area (Å²) < 4.78 is 0. The minimum atomic E-state index is 0.196. The van der Waals surface area contributed by atoms with Gasteiger partial charge >= 0.3 is 0 Å². The van der Waals surface area contributed by atoms with E-state index in [1.165, 1.54) is 27.8 Å². The van der Waals surface area contributed by atoms with E-state index in [9.17, 15) is 4.79 Å². The predicted octanol–water partition coefficient (Wildman–Crippen LogP) is 4.13. The number of fused-ring (bicyclic) bond motifs is 2. The van der Waals surface area contributed by atoms with E-state index in [1.807, 2.05) is 24.1 Å². The first-order valence-corrected chi connectivity index (χ1v) is 10.0. The second kappa shape index (κ2) is 6.96. The second-order valence-corrected chi connectivity index (χ2v) is 8.04. The zero-order valence-corrected chi connectivity index (χ0v) is 16.8. The van der Waals surface area contributed by atoms with E-state index in [1.54, 1.807) is 0 Å². The molecule has 0 spiro atoms. The first-order chi connectivity index (χ1) is 14.1. The lowest BCUT2D eigenvalue weighted by molar-refractivity contribution is -0.132. The van der Waals surface area contributed by atoms with Gasteiger partial charge in [-0.2, -0.15) is 0 Å². The van der Waals surface area contributed by atoms with Crippen molar-refractivity contribution < 1.29 is 4.79 Å². The molecule has 3 heterocycles. The summed E-state index contributed by atoms with van der Waals surface area (Å²) in [4.78, 5) is 23.8. The molecule has 4 heteroatoms. The fourth-order valence-corrected chi connectivity index (χ4v) is 4.22. The third kappa shape index (κ3) is 3.35. The van der Waals surface area contributed by atoms with Crippen molar-refractivity contribution in [2.24, 2.45) is 4.99 Å². The van der Waals surface area contributed by atoms with E-state index in [-0.39, 0.29) is 5.91 Å². The lowest BCUT2D eigenvalue weighted by Crippen LogP contribution is -2.35. The standard InChI is InChI=1S/C25H23N3O/c1-16-3-5-18(6-4-16)14-28-15-22-11-23-21(10-20(22)12-24(28)29)13-27-25(23)19-7-8-26-17(2)9-19/h3-11H,12-15H2,1-2H3. The van der Waals surface area contributed by atoms with Gasteiger partial charge in [0, 0.05) is 36.1 Å². The molecule has 2 aliphatic heterocycles. The molecule has 2 aliphatic rings. The van der Waals surface area contributed by atoms with Crippen molar-refractivity contribution in [2.45, 2.75) is 39.9 Å². The molecule has 3 aromatic rings. The van der Waals surface area contributed by atoms with Crippen LogP contribution in [0.5, 0.6) is 0 Å². The van der Waals surface area contributed by atoms with Gasteiger partial charge in [0.05, 0.1) is 18.7 Å². The Hall–Kier alpha value is -3.27. The molecule has 0 radical (unpaired) electrons. The Morgan fingerprint density at radius 1 is 0.966 bits per heavy atom. The number of rotatable bonds is 3. The Morgan fingerprint density at radius 2 is 1.79 bits per heavy atom. The van der Waals surface area contributed by atoms with Crippen molar-refractivity contribution in [1.82, 2.24) is 9.88 Å². The van der Waals surface area contributed by atoms with Gasteiger partial charge in [-0.3, -0.25) is 14.8 Å². The molecule has 0 N–H and O–H groups in total. The third-order valence-electron chi connectivity index (χ3n) is 5.81. The summed E-state index contributed by atoms with van der Waals surface area (Å²) in [7, 11) is 0. The molecule has 0 unspecified atom stereocenters. The fraction of sp³-hybridized carbons (Fsp3) is 0.240. The molecule has 0 bridgehead atoms. The quantitative estimate of drug-likeness (QED) is 0.685. The smallest absolute Gasteiger partial charge is 0.227 e. The SMILES string of the molecule is Cc1ccc(CN2Cc3cc4c(cc3CC2=O)CN=C4c2ccnc(C)c2)cc1. The molecule has 29 heavy (non-hydrogen) atoms. The number of benzene rings is 2. The number of carbonyl (C=O) groups is 1. The van der Waals surface area contributed by atoms with Crippen LogP contribution in [0.3, 0.4) is 0 Å². The highest BCUT2D eigenvalue weighted by atomic mass is 16.2. The van der Waals surface area contributed by atoms with Crippen molar-refractivity contribution in [1.29, 1.82) is 0 Å². The van der Waals surface area contributed by atoms with Crippen LogP contribution in [-0.4, -0.2) is 21.5 Å². The van der Waals surface area contributed by atoms with Crippen molar-refractivity contribution in [3.05, 3.63) is 99.4 Å². The van der Waals surface area contributed by atoms with Crippen molar-refractivity contribution in [3.8, 4) is 0 Å². The van der Waals surface area contributed by atoms with E-state index < -0.39 is 0 Å². The number of pyridine rings is 1. The minimum Gasteiger partial charge on any atom is -0.334 e. The summed E-state index contributed by atoms with van der Waals surface area (Å²) >= 11 is 0. The number of aromatic nitrogens is 1. The Balaban J connectivity index is 1.45. The largest absolute Gasteiger partial charge is 0.334 e. The summed E-state index contributed by atoms with van der Waals surface area (Å²) in [6, 6.07) is 17.0. The van der Waals surface area contributed by atoms with E-state index >= 15 is 0 Å². The number of carbonyl (C=O) groups excluding carboxylic acids is 1. The van der Waals surface area contributed by atoms with Crippen LogP contribution in [0, 0.1) is 13.8 Å². The molecule has 0 saturated carbocycles. The Morgan fingerprint density at radius 3 is 2.59 bits per heavy atom. The summed E-state index contributed by atoms with van der Waals surface area (Å²) in [6.45, 7) is 6.07. The summed E-state index contributed by atoms with van der Waals surface area (Å²) in [6.07, 6.45) is 2.31. The topological polar surface area (TPSA) is 45.6 Å². The minimum absolute atomic E-state index is 0.196. The molecule has 4 nitrogen and oxygen atoms in total. The average Bonchev–Trinajstić information content (AvgIpc) is 3.11. The highest BCUT2D eigenvalue weighted by Crippen LogP contribution is 2.30. The van der Waals surface area contributed by atoms with Gasteiger partial charge in [-0.05, 0) is 54.3 Å². The van der Waals surface area contributed by atoms with Crippen LogP contribution in [0.4, 0.5) is 0 Å². The highest BCUT2D eigenvalue weighted by Gasteiger charge is 2.27. The Labute approximate surface area is 170 Å². The lowest BCUT2D eigenvalue weighted by atomic mass is 9.91. The van der Waals surface area contributed by atoms with Gasteiger partial charge in [-0.1, -0.05) is 35.9 Å². The fourth-order valence-electron chi connectivity index (χ4n) is 4.22. The van der Waals surface area contributed by atoms with Gasteiger partial charge in [0.1, 0.15) is 0 Å². The molecule has 0 fully saturated rings. The van der Waals surface area contributed by atoms with Gasteiger partial charge in [0.15, 0.2) is 0 Å². The molecule has 144 valence electrons. The van der Waals surface area contributed by atoms with Crippen LogP contribution in [0.15, 0.2) is 59.7 Å². The number of hydrogen-bond acceptors (Lipinski definition) is 3. The first kappa shape index (κ1) is 17.8. The maximum atomic E-state index is 12.7. The van der Waals surface area contributed by atoms with E-state index in [2.05, 4.69) is 54.4 Å². The van der Waals surface area contributed by atoms with Crippen LogP contribution >= 0.6 is 0 Å². The molecule has 2 aromatic carbocycles. The normalized spacial score (nSPS) is 15.2. The molecule has 0 atom stereocenters.